The number of pyridine rings is 2. The minimum Gasteiger partial charge on any atom is -0.397 e. The number of nitrogens with zero attached hydrogens (tertiary/aromatic N) is 2. The molecule has 0 radical (unpaired) electrons. The molecular formula is C10H9N3Ru. The van der Waals surface area contributed by atoms with Gasteiger partial charge in [-0.05, 0) is 24.3 Å². The van der Waals surface area contributed by atoms with Crippen LogP contribution < -0.4 is 5.73 Å². The molecule has 0 amide bonds. The zero-order valence-corrected chi connectivity index (χ0v) is 9.10. The van der Waals surface area contributed by atoms with Gasteiger partial charge in [-0.25, -0.2) is 0 Å². The van der Waals surface area contributed by atoms with Crippen LogP contribution in [-0.4, -0.2) is 9.97 Å². The van der Waals surface area contributed by atoms with E-state index >= 15 is 0 Å². The van der Waals surface area contributed by atoms with Crippen molar-refractivity contribution >= 4 is 5.69 Å². The molecule has 0 aromatic carbocycles. The van der Waals surface area contributed by atoms with Crippen molar-refractivity contribution in [1.82, 2.24) is 9.97 Å². The molecule has 2 aromatic rings. The first-order chi connectivity index (χ1) is 6.38. The topological polar surface area (TPSA) is 51.8 Å². The minimum absolute atomic E-state index is 0. The number of hydrogen-bond donors (Lipinski definition) is 1. The van der Waals surface area contributed by atoms with Crippen molar-refractivity contribution in [1.29, 1.82) is 0 Å². The molecule has 72 valence electrons. The summed E-state index contributed by atoms with van der Waals surface area (Å²) in [5.74, 6) is 0. The molecule has 0 fully saturated rings. The normalized spacial score (nSPS) is 9.14. The SMILES string of the molecule is Nc1cccnc1-c1ccccn1.[Ru]. The van der Waals surface area contributed by atoms with Crippen LogP contribution in [0.15, 0.2) is 42.7 Å². The Kier molecular flexibility index (Phi) is 3.72. The van der Waals surface area contributed by atoms with E-state index in [4.69, 9.17) is 5.73 Å². The second kappa shape index (κ2) is 4.82. The molecule has 2 N–H and O–H groups in total. The summed E-state index contributed by atoms with van der Waals surface area (Å²) in [6.45, 7) is 0. The largest absolute Gasteiger partial charge is 0.397 e. The van der Waals surface area contributed by atoms with Crippen LogP contribution in [0.2, 0.25) is 0 Å². The summed E-state index contributed by atoms with van der Waals surface area (Å²) in [6.07, 6.45) is 3.43. The molecule has 0 spiro atoms. The van der Waals surface area contributed by atoms with Crippen molar-refractivity contribution in [2.75, 3.05) is 5.73 Å². The maximum Gasteiger partial charge on any atom is 0.111 e. The van der Waals surface area contributed by atoms with E-state index in [-0.39, 0.29) is 19.5 Å². The number of hydrogen-bond acceptors (Lipinski definition) is 3. The van der Waals surface area contributed by atoms with Gasteiger partial charge in [-0.1, -0.05) is 6.07 Å². The van der Waals surface area contributed by atoms with E-state index in [2.05, 4.69) is 9.97 Å². The Morgan fingerprint density at radius 1 is 0.929 bits per heavy atom. The van der Waals surface area contributed by atoms with Gasteiger partial charge >= 0.3 is 0 Å². The molecule has 0 aliphatic heterocycles. The van der Waals surface area contributed by atoms with Crippen LogP contribution in [0.25, 0.3) is 11.4 Å². The van der Waals surface area contributed by atoms with Gasteiger partial charge in [0, 0.05) is 31.9 Å². The van der Waals surface area contributed by atoms with Gasteiger partial charge in [0.05, 0.1) is 11.4 Å². The van der Waals surface area contributed by atoms with Crippen molar-refractivity contribution in [2.45, 2.75) is 0 Å². The maximum atomic E-state index is 5.75. The van der Waals surface area contributed by atoms with E-state index in [1.165, 1.54) is 0 Å². The molecule has 2 aromatic heterocycles. The number of nitrogens with two attached hydrogens (primary N) is 1. The van der Waals surface area contributed by atoms with Gasteiger partial charge < -0.3 is 5.73 Å². The van der Waals surface area contributed by atoms with Gasteiger partial charge in [-0.3, -0.25) is 9.97 Å². The van der Waals surface area contributed by atoms with Crippen molar-refractivity contribution in [3.8, 4) is 11.4 Å². The summed E-state index contributed by atoms with van der Waals surface area (Å²) in [5.41, 5.74) is 7.95. The summed E-state index contributed by atoms with van der Waals surface area (Å²) in [6, 6.07) is 9.29. The van der Waals surface area contributed by atoms with Crippen LogP contribution in [0.5, 0.6) is 0 Å². The van der Waals surface area contributed by atoms with Crippen molar-refractivity contribution in [2.24, 2.45) is 0 Å². The molecule has 2 heterocycles. The van der Waals surface area contributed by atoms with Crippen LogP contribution in [0.1, 0.15) is 0 Å². The zero-order chi connectivity index (χ0) is 9.10. The van der Waals surface area contributed by atoms with Crippen LogP contribution in [0.4, 0.5) is 5.69 Å². The van der Waals surface area contributed by atoms with Crippen LogP contribution >= 0.6 is 0 Å². The maximum absolute atomic E-state index is 5.75. The smallest absolute Gasteiger partial charge is 0.111 e. The molecule has 0 saturated heterocycles. The number of anilines is 1. The quantitative estimate of drug-likeness (QED) is 0.804. The van der Waals surface area contributed by atoms with Crippen LogP contribution in [0, 0.1) is 0 Å². The van der Waals surface area contributed by atoms with Gasteiger partial charge in [-0.15, -0.1) is 0 Å². The molecule has 3 nitrogen and oxygen atoms in total. The van der Waals surface area contributed by atoms with E-state index in [1.807, 2.05) is 30.3 Å². The molecule has 14 heavy (non-hydrogen) atoms. The Labute approximate surface area is 95.2 Å². The average molecular weight is 272 g/mol. The third-order valence-electron chi connectivity index (χ3n) is 1.75. The van der Waals surface area contributed by atoms with E-state index in [0.29, 0.717) is 5.69 Å². The predicted octanol–water partition coefficient (Wildman–Crippen LogP) is 1.72. The molecule has 0 aliphatic rings. The predicted molar refractivity (Wildman–Crippen MR) is 51.9 cm³/mol. The Morgan fingerprint density at radius 2 is 1.71 bits per heavy atom. The van der Waals surface area contributed by atoms with Gasteiger partial charge in [0.15, 0.2) is 0 Å². The molecule has 0 saturated carbocycles. The summed E-state index contributed by atoms with van der Waals surface area (Å²) < 4.78 is 0. The Hall–Kier alpha value is -1.28. The Bertz CT molecular complexity index is 403. The van der Waals surface area contributed by atoms with E-state index < -0.39 is 0 Å². The second-order valence-corrected chi connectivity index (χ2v) is 2.66. The molecule has 2 rings (SSSR count). The fourth-order valence-electron chi connectivity index (χ4n) is 1.13. The van der Waals surface area contributed by atoms with Crippen molar-refractivity contribution in [3.63, 3.8) is 0 Å². The average Bonchev–Trinajstić information content (AvgIpc) is 2.20. The first kappa shape index (κ1) is 10.8. The first-order valence-corrected chi connectivity index (χ1v) is 4.00. The van der Waals surface area contributed by atoms with Crippen molar-refractivity contribution < 1.29 is 19.5 Å². The minimum atomic E-state index is 0. The zero-order valence-electron chi connectivity index (χ0n) is 7.37. The van der Waals surface area contributed by atoms with Gasteiger partial charge in [0.2, 0.25) is 0 Å². The second-order valence-electron chi connectivity index (χ2n) is 2.66. The third kappa shape index (κ3) is 2.15. The van der Waals surface area contributed by atoms with Crippen molar-refractivity contribution in [3.05, 3.63) is 42.7 Å². The fourth-order valence-corrected chi connectivity index (χ4v) is 1.13. The van der Waals surface area contributed by atoms with Gasteiger partial charge in [0.1, 0.15) is 5.69 Å². The third-order valence-corrected chi connectivity index (χ3v) is 1.75. The molecular weight excluding hydrogens is 263 g/mol. The molecule has 0 unspecified atom stereocenters. The monoisotopic (exact) mass is 273 g/mol. The van der Waals surface area contributed by atoms with Crippen LogP contribution in [0.3, 0.4) is 0 Å². The van der Waals surface area contributed by atoms with E-state index in [1.54, 1.807) is 12.4 Å². The molecule has 0 atom stereocenters. The Morgan fingerprint density at radius 3 is 2.36 bits per heavy atom. The number of nitrogen functional groups attached to an aromatic ring is 1. The molecule has 4 heteroatoms. The summed E-state index contributed by atoms with van der Waals surface area (Å²) in [7, 11) is 0. The van der Waals surface area contributed by atoms with Crippen LogP contribution in [-0.2, 0) is 19.5 Å². The Balaban J connectivity index is 0.000000980. The standard InChI is InChI=1S/C10H9N3.Ru/c11-8-4-3-7-13-10(8)9-5-1-2-6-12-9;/h1-7H,11H2;. The fraction of sp³-hybridized carbons (Fsp3) is 0. The first-order valence-electron chi connectivity index (χ1n) is 4.00. The number of rotatable bonds is 1. The molecule has 0 aliphatic carbocycles. The van der Waals surface area contributed by atoms with Gasteiger partial charge in [0.25, 0.3) is 0 Å². The van der Waals surface area contributed by atoms with E-state index in [0.717, 1.165) is 11.4 Å². The number of aromatic nitrogens is 2. The molecule has 0 bridgehead atoms. The summed E-state index contributed by atoms with van der Waals surface area (Å²) in [5, 5.41) is 0. The summed E-state index contributed by atoms with van der Waals surface area (Å²) in [4.78, 5) is 8.33. The summed E-state index contributed by atoms with van der Waals surface area (Å²) >= 11 is 0. The van der Waals surface area contributed by atoms with E-state index in [9.17, 15) is 0 Å². The van der Waals surface area contributed by atoms with Gasteiger partial charge in [-0.2, -0.15) is 0 Å².